The van der Waals surface area contributed by atoms with Crippen LogP contribution in [0.15, 0.2) is 30.3 Å². The zero-order chi connectivity index (χ0) is 20.1. The Morgan fingerprint density at radius 2 is 1.82 bits per heavy atom. The van der Waals surface area contributed by atoms with E-state index in [4.69, 9.17) is 4.74 Å². The van der Waals surface area contributed by atoms with Crippen LogP contribution in [0, 0.1) is 6.92 Å². The van der Waals surface area contributed by atoms with Gasteiger partial charge in [0.15, 0.2) is 0 Å². The van der Waals surface area contributed by atoms with Crippen molar-refractivity contribution in [1.82, 2.24) is 19.8 Å². The lowest BCUT2D eigenvalue weighted by molar-refractivity contribution is 0.0637. The highest BCUT2D eigenvalue weighted by Crippen LogP contribution is 2.20. The third-order valence-corrected chi connectivity index (χ3v) is 4.66. The van der Waals surface area contributed by atoms with Gasteiger partial charge in [-0.15, -0.1) is 0 Å². The van der Waals surface area contributed by atoms with Gasteiger partial charge in [0.25, 0.3) is 5.91 Å². The summed E-state index contributed by atoms with van der Waals surface area (Å²) in [6.07, 6.45) is 0.131. The summed E-state index contributed by atoms with van der Waals surface area (Å²) < 4.78 is 5.66. The zero-order valence-electron chi connectivity index (χ0n) is 17.1. The van der Waals surface area contributed by atoms with Gasteiger partial charge in [0, 0.05) is 37.6 Å². The highest BCUT2D eigenvalue weighted by Gasteiger charge is 2.23. The van der Waals surface area contributed by atoms with Crippen LogP contribution in [0.2, 0.25) is 0 Å². The predicted molar refractivity (Wildman–Crippen MR) is 110 cm³/mol. The van der Waals surface area contributed by atoms with Gasteiger partial charge in [0.1, 0.15) is 11.4 Å². The smallest absolute Gasteiger partial charge is 0.272 e. The molecule has 3 rings (SSSR count). The van der Waals surface area contributed by atoms with Crippen molar-refractivity contribution in [3.63, 3.8) is 0 Å². The summed E-state index contributed by atoms with van der Waals surface area (Å²) >= 11 is 0. The first-order valence-corrected chi connectivity index (χ1v) is 9.85. The number of likely N-dealkylation sites (N-methyl/N-ethyl adjacent to an activating group) is 1. The van der Waals surface area contributed by atoms with E-state index in [2.05, 4.69) is 27.1 Å². The van der Waals surface area contributed by atoms with E-state index in [1.54, 1.807) is 6.07 Å². The molecule has 0 saturated carbocycles. The molecule has 2 heterocycles. The lowest BCUT2D eigenvalue weighted by atomic mass is 10.2. The average molecular weight is 383 g/mol. The standard InChI is InChI=1S/C21H29N5O2/c1-5-25-10-12-26(13-11-25)20(27)19-14-16(4)22-21(24-19)23-17-6-8-18(9-7-17)28-15(2)3/h6-9,14-15H,5,10-13H2,1-4H3,(H,22,23,24). The van der Waals surface area contributed by atoms with Crippen LogP contribution in [-0.2, 0) is 0 Å². The predicted octanol–water partition coefficient (Wildman–Crippen LogP) is 3.09. The van der Waals surface area contributed by atoms with E-state index in [0.29, 0.717) is 11.6 Å². The molecule has 150 valence electrons. The summed E-state index contributed by atoms with van der Waals surface area (Å²) in [6.45, 7) is 12.3. The van der Waals surface area contributed by atoms with Gasteiger partial charge in [-0.25, -0.2) is 9.97 Å². The molecule has 0 aliphatic carbocycles. The number of rotatable bonds is 6. The minimum absolute atomic E-state index is 0.0371. The second-order valence-electron chi connectivity index (χ2n) is 7.26. The number of carbonyl (C=O) groups is 1. The number of ether oxygens (including phenoxy) is 1. The maximum atomic E-state index is 12.9. The summed E-state index contributed by atoms with van der Waals surface area (Å²) in [5.41, 5.74) is 2.03. The lowest BCUT2D eigenvalue weighted by Crippen LogP contribution is -2.48. The largest absolute Gasteiger partial charge is 0.491 e. The van der Waals surface area contributed by atoms with Crippen LogP contribution in [-0.4, -0.2) is 64.5 Å². The third-order valence-electron chi connectivity index (χ3n) is 4.66. The van der Waals surface area contributed by atoms with Crippen molar-refractivity contribution in [3.05, 3.63) is 41.7 Å². The molecule has 0 bridgehead atoms. The lowest BCUT2D eigenvalue weighted by Gasteiger charge is -2.33. The first-order valence-electron chi connectivity index (χ1n) is 9.85. The molecular weight excluding hydrogens is 354 g/mol. The van der Waals surface area contributed by atoms with Gasteiger partial charge >= 0.3 is 0 Å². The molecule has 7 heteroatoms. The molecule has 0 radical (unpaired) electrons. The number of hydrogen-bond acceptors (Lipinski definition) is 6. The summed E-state index contributed by atoms with van der Waals surface area (Å²) in [7, 11) is 0. The molecule has 1 fully saturated rings. The Hall–Kier alpha value is -2.67. The fraction of sp³-hybridized carbons (Fsp3) is 0.476. The van der Waals surface area contributed by atoms with Crippen LogP contribution < -0.4 is 10.1 Å². The van der Waals surface area contributed by atoms with Gasteiger partial charge in [-0.1, -0.05) is 6.92 Å². The van der Waals surface area contributed by atoms with Crippen molar-refractivity contribution in [2.24, 2.45) is 0 Å². The molecule has 1 aliphatic rings. The molecule has 1 aliphatic heterocycles. The Kier molecular flexibility index (Phi) is 6.46. The van der Waals surface area contributed by atoms with Crippen LogP contribution in [0.25, 0.3) is 0 Å². The van der Waals surface area contributed by atoms with Crippen molar-refractivity contribution in [3.8, 4) is 5.75 Å². The van der Waals surface area contributed by atoms with E-state index in [1.165, 1.54) is 0 Å². The van der Waals surface area contributed by atoms with E-state index in [-0.39, 0.29) is 12.0 Å². The number of aryl methyl sites for hydroxylation is 1. The van der Waals surface area contributed by atoms with E-state index in [1.807, 2.05) is 49.9 Å². The number of nitrogens with zero attached hydrogens (tertiary/aromatic N) is 4. The quantitative estimate of drug-likeness (QED) is 0.827. The number of anilines is 2. The molecule has 1 aromatic heterocycles. The second kappa shape index (κ2) is 9.01. The maximum Gasteiger partial charge on any atom is 0.272 e. The highest BCUT2D eigenvalue weighted by molar-refractivity contribution is 5.92. The van der Waals surface area contributed by atoms with Gasteiger partial charge in [0.05, 0.1) is 6.10 Å². The average Bonchev–Trinajstić information content (AvgIpc) is 2.68. The number of benzene rings is 1. The Balaban J connectivity index is 1.70. The van der Waals surface area contributed by atoms with Gasteiger partial charge in [-0.2, -0.15) is 0 Å². The maximum absolute atomic E-state index is 12.9. The first-order chi connectivity index (χ1) is 13.4. The van der Waals surface area contributed by atoms with E-state index < -0.39 is 0 Å². The third kappa shape index (κ3) is 5.19. The Labute approximate surface area is 166 Å². The number of amides is 1. The Morgan fingerprint density at radius 3 is 2.43 bits per heavy atom. The molecule has 1 aromatic carbocycles. The number of carbonyl (C=O) groups excluding carboxylic acids is 1. The minimum atomic E-state index is -0.0371. The van der Waals surface area contributed by atoms with Gasteiger partial charge in [-0.05, 0) is 57.6 Å². The second-order valence-corrected chi connectivity index (χ2v) is 7.26. The summed E-state index contributed by atoms with van der Waals surface area (Å²) in [5, 5.41) is 3.18. The normalized spacial score (nSPS) is 15.0. The van der Waals surface area contributed by atoms with Crippen molar-refractivity contribution in [1.29, 1.82) is 0 Å². The van der Waals surface area contributed by atoms with Crippen LogP contribution in [0.1, 0.15) is 37.0 Å². The molecule has 0 spiro atoms. The highest BCUT2D eigenvalue weighted by atomic mass is 16.5. The molecule has 0 atom stereocenters. The molecule has 1 amide bonds. The number of aromatic nitrogens is 2. The number of piperazine rings is 1. The van der Waals surface area contributed by atoms with Gasteiger partial charge in [0.2, 0.25) is 5.95 Å². The van der Waals surface area contributed by atoms with Gasteiger partial charge < -0.3 is 19.9 Å². The molecule has 0 unspecified atom stereocenters. The fourth-order valence-corrected chi connectivity index (χ4v) is 3.18. The summed E-state index contributed by atoms with van der Waals surface area (Å²) in [6, 6.07) is 9.37. The molecule has 28 heavy (non-hydrogen) atoms. The first kappa shape index (κ1) is 20.1. The molecule has 1 N–H and O–H groups in total. The number of nitrogens with one attached hydrogen (secondary N) is 1. The summed E-state index contributed by atoms with van der Waals surface area (Å²) in [4.78, 5) is 26.0. The van der Waals surface area contributed by atoms with E-state index in [0.717, 1.165) is 49.9 Å². The van der Waals surface area contributed by atoms with Crippen molar-refractivity contribution < 1.29 is 9.53 Å². The van der Waals surface area contributed by atoms with Crippen LogP contribution >= 0.6 is 0 Å². The summed E-state index contributed by atoms with van der Waals surface area (Å²) in [5.74, 6) is 1.20. The van der Waals surface area contributed by atoms with Crippen molar-refractivity contribution in [2.75, 3.05) is 38.0 Å². The van der Waals surface area contributed by atoms with Crippen LogP contribution in [0.4, 0.5) is 11.6 Å². The topological polar surface area (TPSA) is 70.6 Å². The SMILES string of the molecule is CCN1CCN(C(=O)c2cc(C)nc(Nc3ccc(OC(C)C)cc3)n2)CC1. The van der Waals surface area contributed by atoms with Crippen LogP contribution in [0.3, 0.4) is 0 Å². The fourth-order valence-electron chi connectivity index (χ4n) is 3.18. The van der Waals surface area contributed by atoms with E-state index in [9.17, 15) is 4.79 Å². The monoisotopic (exact) mass is 383 g/mol. The molecular formula is C21H29N5O2. The zero-order valence-corrected chi connectivity index (χ0v) is 17.1. The van der Waals surface area contributed by atoms with Crippen molar-refractivity contribution >= 4 is 17.5 Å². The minimum Gasteiger partial charge on any atom is -0.491 e. The van der Waals surface area contributed by atoms with E-state index >= 15 is 0 Å². The van der Waals surface area contributed by atoms with Crippen molar-refractivity contribution in [2.45, 2.75) is 33.8 Å². The van der Waals surface area contributed by atoms with Gasteiger partial charge in [-0.3, -0.25) is 4.79 Å². The molecule has 2 aromatic rings. The molecule has 7 nitrogen and oxygen atoms in total. The Bertz CT molecular complexity index is 799. The van der Waals surface area contributed by atoms with Crippen LogP contribution in [0.5, 0.6) is 5.75 Å². The Morgan fingerprint density at radius 1 is 1.14 bits per heavy atom. The number of hydrogen-bond donors (Lipinski definition) is 1. The molecule has 1 saturated heterocycles.